The number of nitrogens with one attached hydrogen (secondary N) is 1. The molecule has 1 saturated heterocycles. The fourth-order valence-electron chi connectivity index (χ4n) is 2.59. The molecule has 1 saturated carbocycles. The third-order valence-electron chi connectivity index (χ3n) is 4.17. The molecule has 12 nitrogen and oxygen atoms in total. The van der Waals surface area contributed by atoms with Crippen LogP contribution in [0.25, 0.3) is 10.4 Å². The van der Waals surface area contributed by atoms with Crippen LogP contribution in [0.5, 0.6) is 0 Å². The number of aliphatic hydroxyl groups is 4. The highest BCUT2D eigenvalue weighted by molar-refractivity contribution is 5.38. The highest BCUT2D eigenvalue weighted by atomic mass is 19.1. The lowest BCUT2D eigenvalue weighted by Gasteiger charge is -2.23. The predicted octanol–water partition coefficient (Wildman–Crippen LogP) is -2.01. The van der Waals surface area contributed by atoms with E-state index in [1.165, 1.54) is 6.07 Å². The molecule has 1 aromatic heterocycles. The average molecular weight is 358 g/mol. The summed E-state index contributed by atoms with van der Waals surface area (Å²) in [5.41, 5.74) is 5.30. The van der Waals surface area contributed by atoms with Gasteiger partial charge in [0.25, 0.3) is 0 Å². The third kappa shape index (κ3) is 2.82. The Kier molecular flexibility index (Phi) is 4.36. The first-order chi connectivity index (χ1) is 11.8. The standard InChI is InChI=1S/C12H15FN6O6/c13-5-9(23)12(3-20,17-18-14)25-10(5)19-2-1-4(16-11(19)24)15-6-7(21)8(6)22/h1-2,5-10,20-23H,3H2,(H,15,16,24)/t5-,6?,7?,8?,9-,10+,12+/m0/s1. The van der Waals surface area contributed by atoms with E-state index in [0.29, 0.717) is 0 Å². The van der Waals surface area contributed by atoms with Crippen molar-refractivity contribution in [2.45, 2.75) is 42.5 Å². The Bertz CT molecular complexity index is 763. The van der Waals surface area contributed by atoms with E-state index in [1.54, 1.807) is 0 Å². The maximum Gasteiger partial charge on any atom is 0.351 e. The van der Waals surface area contributed by atoms with Gasteiger partial charge < -0.3 is 30.5 Å². The lowest BCUT2D eigenvalue weighted by Crippen LogP contribution is -2.43. The van der Waals surface area contributed by atoms with Crippen molar-refractivity contribution in [3.05, 3.63) is 33.2 Å². The summed E-state index contributed by atoms with van der Waals surface area (Å²) in [4.78, 5) is 18.1. The van der Waals surface area contributed by atoms with Gasteiger partial charge in [-0.3, -0.25) is 4.57 Å². The number of azide groups is 1. The molecule has 2 unspecified atom stereocenters. The van der Waals surface area contributed by atoms with Crippen LogP contribution in [0.15, 0.2) is 22.2 Å². The van der Waals surface area contributed by atoms with Crippen molar-refractivity contribution >= 4 is 5.82 Å². The van der Waals surface area contributed by atoms with Gasteiger partial charge in [-0.15, -0.1) is 0 Å². The van der Waals surface area contributed by atoms with Crippen molar-refractivity contribution in [1.82, 2.24) is 9.55 Å². The van der Waals surface area contributed by atoms with Crippen molar-refractivity contribution in [2.75, 3.05) is 11.9 Å². The summed E-state index contributed by atoms with van der Waals surface area (Å²) < 4.78 is 20.2. The molecule has 3 rings (SSSR count). The molecule has 2 heterocycles. The molecule has 0 radical (unpaired) electrons. The van der Waals surface area contributed by atoms with Gasteiger partial charge in [0.15, 0.2) is 12.4 Å². The lowest BCUT2D eigenvalue weighted by atomic mass is 10.1. The number of aromatic nitrogens is 2. The topological polar surface area (TPSA) is 186 Å². The monoisotopic (exact) mass is 358 g/mol. The number of halogens is 1. The van der Waals surface area contributed by atoms with E-state index < -0.39 is 54.8 Å². The van der Waals surface area contributed by atoms with E-state index in [4.69, 9.17) is 10.3 Å². The molecule has 1 aliphatic heterocycles. The second kappa shape index (κ2) is 6.22. The van der Waals surface area contributed by atoms with E-state index >= 15 is 0 Å². The molecule has 0 amide bonds. The zero-order valence-corrected chi connectivity index (χ0v) is 12.5. The molecule has 136 valence electrons. The Morgan fingerprint density at radius 3 is 2.68 bits per heavy atom. The first kappa shape index (κ1) is 17.5. The van der Waals surface area contributed by atoms with Crippen molar-refractivity contribution in [2.24, 2.45) is 5.11 Å². The average Bonchev–Trinajstić information content (AvgIpc) is 3.06. The number of alkyl halides is 1. The van der Waals surface area contributed by atoms with Gasteiger partial charge in [-0.25, -0.2) is 9.18 Å². The molecule has 0 aromatic carbocycles. The number of aliphatic hydroxyl groups excluding tert-OH is 4. The fourth-order valence-corrected chi connectivity index (χ4v) is 2.59. The number of rotatable bonds is 5. The van der Waals surface area contributed by atoms with E-state index in [-0.39, 0.29) is 5.82 Å². The van der Waals surface area contributed by atoms with Gasteiger partial charge >= 0.3 is 5.69 Å². The molecule has 25 heavy (non-hydrogen) atoms. The summed E-state index contributed by atoms with van der Waals surface area (Å²) in [5.74, 6) is 0.0410. The summed E-state index contributed by atoms with van der Waals surface area (Å²) in [6, 6.07) is 0.613. The van der Waals surface area contributed by atoms with E-state index in [1.807, 2.05) is 0 Å². The summed E-state index contributed by atoms with van der Waals surface area (Å²) in [6.07, 6.45) is -6.64. The highest BCUT2D eigenvalue weighted by Gasteiger charge is 2.56. The van der Waals surface area contributed by atoms with Crippen LogP contribution in [0.3, 0.4) is 0 Å². The van der Waals surface area contributed by atoms with Crippen molar-refractivity contribution in [3.8, 4) is 0 Å². The predicted molar refractivity (Wildman–Crippen MR) is 77.9 cm³/mol. The number of ether oxygens (including phenoxy) is 1. The van der Waals surface area contributed by atoms with Crippen LogP contribution in [0.4, 0.5) is 10.2 Å². The van der Waals surface area contributed by atoms with Crippen LogP contribution in [-0.4, -0.2) is 72.8 Å². The Balaban J connectivity index is 1.84. The van der Waals surface area contributed by atoms with Crippen molar-refractivity contribution in [1.29, 1.82) is 0 Å². The first-order valence-corrected chi connectivity index (χ1v) is 7.23. The maximum absolute atomic E-state index is 14.3. The highest BCUT2D eigenvalue weighted by Crippen LogP contribution is 2.39. The zero-order valence-electron chi connectivity index (χ0n) is 12.5. The van der Waals surface area contributed by atoms with E-state index in [0.717, 1.165) is 10.8 Å². The Labute approximate surface area is 138 Å². The molecule has 1 aromatic rings. The smallest absolute Gasteiger partial charge is 0.351 e. The van der Waals surface area contributed by atoms with Crippen molar-refractivity contribution < 1.29 is 29.6 Å². The molecule has 1 aliphatic carbocycles. The molecule has 13 heteroatoms. The summed E-state index contributed by atoms with van der Waals surface area (Å²) in [5, 5.41) is 43.4. The van der Waals surface area contributed by atoms with Crippen LogP contribution in [0.2, 0.25) is 0 Å². The van der Waals surface area contributed by atoms with Crippen LogP contribution in [0.1, 0.15) is 6.23 Å². The normalized spacial score (nSPS) is 39.7. The van der Waals surface area contributed by atoms with Gasteiger partial charge in [0.1, 0.15) is 24.1 Å². The van der Waals surface area contributed by atoms with Crippen LogP contribution in [-0.2, 0) is 4.74 Å². The van der Waals surface area contributed by atoms with Crippen LogP contribution in [0, 0.1) is 0 Å². The summed E-state index contributed by atoms with van der Waals surface area (Å²) in [7, 11) is 0. The van der Waals surface area contributed by atoms with Gasteiger partial charge in [0, 0.05) is 11.1 Å². The first-order valence-electron chi connectivity index (χ1n) is 7.23. The molecule has 2 aliphatic rings. The lowest BCUT2D eigenvalue weighted by molar-refractivity contribution is -0.124. The fraction of sp³-hybridized carbons (Fsp3) is 0.667. The minimum atomic E-state index is -2.25. The van der Waals surface area contributed by atoms with Crippen molar-refractivity contribution in [3.63, 3.8) is 0 Å². The molecular formula is C12H15FN6O6. The van der Waals surface area contributed by atoms with Gasteiger partial charge in [0.05, 0.1) is 12.6 Å². The van der Waals surface area contributed by atoms with Gasteiger partial charge in [-0.1, -0.05) is 5.11 Å². The Morgan fingerprint density at radius 1 is 1.48 bits per heavy atom. The molecule has 2 fully saturated rings. The Hall–Kier alpha value is -2.28. The molecule has 5 N–H and O–H groups in total. The van der Waals surface area contributed by atoms with Crippen LogP contribution < -0.4 is 11.0 Å². The van der Waals surface area contributed by atoms with Crippen LogP contribution >= 0.6 is 0 Å². The number of nitrogens with zero attached hydrogens (tertiary/aromatic N) is 5. The minimum absolute atomic E-state index is 0.0410. The molecule has 6 atom stereocenters. The SMILES string of the molecule is [N-]=[N+]=N[C@]1(CO)O[C@@H](n2ccc(NC3C(O)C3O)nc2=O)[C@@H](F)[C@@H]1O. The van der Waals surface area contributed by atoms with E-state index in [9.17, 15) is 29.6 Å². The molecule has 0 bridgehead atoms. The van der Waals surface area contributed by atoms with Gasteiger partial charge in [-0.05, 0) is 11.6 Å². The quantitative estimate of drug-likeness (QED) is 0.227. The third-order valence-corrected chi connectivity index (χ3v) is 4.17. The minimum Gasteiger partial charge on any atom is -0.393 e. The van der Waals surface area contributed by atoms with Gasteiger partial charge in [0.2, 0.25) is 5.72 Å². The van der Waals surface area contributed by atoms with E-state index in [2.05, 4.69) is 20.3 Å². The largest absolute Gasteiger partial charge is 0.393 e. The summed E-state index contributed by atoms with van der Waals surface area (Å²) in [6.45, 7) is -0.992. The summed E-state index contributed by atoms with van der Waals surface area (Å²) >= 11 is 0. The van der Waals surface area contributed by atoms with Gasteiger partial charge in [-0.2, -0.15) is 4.98 Å². The second-order valence-electron chi connectivity index (χ2n) is 5.74. The number of hydrogen-bond donors (Lipinski definition) is 5. The number of anilines is 1. The number of hydrogen-bond acceptors (Lipinski definition) is 9. The molecule has 0 spiro atoms. The second-order valence-corrected chi connectivity index (χ2v) is 5.74. The Morgan fingerprint density at radius 2 is 2.16 bits per heavy atom. The zero-order chi connectivity index (χ0) is 18.4. The molecular weight excluding hydrogens is 343 g/mol. The maximum atomic E-state index is 14.3.